The molecule has 2 fully saturated rings. The lowest BCUT2D eigenvalue weighted by molar-refractivity contribution is -0.193. The Labute approximate surface area is 217 Å². The van der Waals surface area contributed by atoms with Gasteiger partial charge in [0.15, 0.2) is 0 Å². The zero-order chi connectivity index (χ0) is 28.3. The molecule has 3 atom stereocenters. The molecule has 0 aliphatic carbocycles. The summed E-state index contributed by atoms with van der Waals surface area (Å²) in [4.78, 5) is 20.4. The summed E-state index contributed by atoms with van der Waals surface area (Å²) in [5, 5.41) is 22.9. The minimum absolute atomic E-state index is 0.201. The first kappa shape index (κ1) is 31.5. The fourth-order valence-electron chi connectivity index (χ4n) is 3.84. The van der Waals surface area contributed by atoms with Gasteiger partial charge in [-0.15, -0.1) is 0 Å². The summed E-state index contributed by atoms with van der Waals surface area (Å²) in [7, 11) is 0. The van der Waals surface area contributed by atoms with Crippen LogP contribution in [0.3, 0.4) is 0 Å². The van der Waals surface area contributed by atoms with E-state index in [-0.39, 0.29) is 12.2 Å². The lowest BCUT2D eigenvalue weighted by atomic mass is 10.0. The minimum atomic E-state index is -5.08. The van der Waals surface area contributed by atoms with Gasteiger partial charge in [-0.3, -0.25) is 9.58 Å². The van der Waals surface area contributed by atoms with E-state index in [1.54, 1.807) is 11.3 Å². The quantitative estimate of drug-likeness (QED) is 0.376. The fraction of sp³-hybridized carbons (Fsp3) is 0.591. The molecule has 9 nitrogen and oxygen atoms in total. The summed E-state index contributed by atoms with van der Waals surface area (Å²) in [6.07, 6.45) is -2.54. The molecule has 2 N–H and O–H groups in total. The van der Waals surface area contributed by atoms with Crippen LogP contribution in [0.4, 0.5) is 26.3 Å². The number of aromatic nitrogens is 2. The van der Waals surface area contributed by atoms with Crippen LogP contribution in [0, 0.1) is 0 Å². The highest BCUT2D eigenvalue weighted by molar-refractivity contribution is 7.07. The number of halogens is 6. The Balaban J connectivity index is 0.000000301. The predicted molar refractivity (Wildman–Crippen MR) is 121 cm³/mol. The van der Waals surface area contributed by atoms with E-state index >= 15 is 0 Å². The van der Waals surface area contributed by atoms with Gasteiger partial charge < -0.3 is 19.7 Å². The second-order valence-electron chi connectivity index (χ2n) is 8.24. The predicted octanol–water partition coefficient (Wildman–Crippen LogP) is 4.05. The number of ether oxygens (including phenoxy) is 2. The topological polar surface area (TPSA) is 114 Å². The van der Waals surface area contributed by atoms with E-state index in [2.05, 4.69) is 26.8 Å². The summed E-state index contributed by atoms with van der Waals surface area (Å²) in [5.74, 6) is -5.51. The maximum absolute atomic E-state index is 10.6. The Morgan fingerprint density at radius 3 is 2.34 bits per heavy atom. The van der Waals surface area contributed by atoms with E-state index in [1.807, 2.05) is 23.1 Å². The third-order valence-corrected chi connectivity index (χ3v) is 6.19. The average Bonchev–Trinajstić information content (AvgIpc) is 3.60. The lowest BCUT2D eigenvalue weighted by Crippen LogP contribution is -2.41. The van der Waals surface area contributed by atoms with Gasteiger partial charge in [0, 0.05) is 51.3 Å². The molecule has 0 saturated carbocycles. The summed E-state index contributed by atoms with van der Waals surface area (Å²) in [6.45, 7) is 4.55. The third-order valence-electron chi connectivity index (χ3n) is 5.46. The molecule has 16 heteroatoms. The first-order chi connectivity index (χ1) is 17.8. The normalized spacial score (nSPS) is 21.5. The van der Waals surface area contributed by atoms with E-state index in [1.165, 1.54) is 12.0 Å². The molecule has 38 heavy (non-hydrogen) atoms. The van der Waals surface area contributed by atoms with E-state index in [0.29, 0.717) is 6.04 Å². The van der Waals surface area contributed by atoms with Gasteiger partial charge in [0.25, 0.3) is 0 Å². The molecule has 0 spiro atoms. The molecule has 2 saturated heterocycles. The van der Waals surface area contributed by atoms with Crippen molar-refractivity contribution < 1.29 is 55.6 Å². The highest BCUT2D eigenvalue weighted by Crippen LogP contribution is 2.32. The average molecular weight is 576 g/mol. The molecule has 2 aliphatic heterocycles. The lowest BCUT2D eigenvalue weighted by Gasteiger charge is -2.32. The van der Waals surface area contributed by atoms with Crippen LogP contribution < -0.4 is 0 Å². The molecule has 0 unspecified atom stereocenters. The zero-order valence-electron chi connectivity index (χ0n) is 19.9. The number of aryl methyl sites for hydroxylation is 1. The van der Waals surface area contributed by atoms with Gasteiger partial charge in [-0.05, 0) is 47.7 Å². The Kier molecular flexibility index (Phi) is 12.0. The van der Waals surface area contributed by atoms with Crippen molar-refractivity contribution >= 4 is 23.3 Å². The van der Waals surface area contributed by atoms with Crippen LogP contribution >= 0.6 is 11.3 Å². The van der Waals surface area contributed by atoms with Crippen molar-refractivity contribution in [1.82, 2.24) is 14.7 Å². The highest BCUT2D eigenvalue weighted by atomic mass is 32.1. The fourth-order valence-corrected chi connectivity index (χ4v) is 4.50. The second-order valence-corrected chi connectivity index (χ2v) is 9.02. The van der Waals surface area contributed by atoms with Crippen molar-refractivity contribution in [3.63, 3.8) is 0 Å². The molecule has 0 bridgehead atoms. The van der Waals surface area contributed by atoms with Gasteiger partial charge in [0.05, 0.1) is 6.10 Å². The summed E-state index contributed by atoms with van der Waals surface area (Å²) in [6, 6.07) is 4.69. The molecule has 4 rings (SSSR count). The van der Waals surface area contributed by atoms with Crippen molar-refractivity contribution in [2.45, 2.75) is 63.0 Å². The number of alkyl halides is 6. The van der Waals surface area contributed by atoms with Crippen LogP contribution in [-0.4, -0.2) is 87.2 Å². The zero-order valence-corrected chi connectivity index (χ0v) is 20.7. The first-order valence-electron chi connectivity index (χ1n) is 11.3. The van der Waals surface area contributed by atoms with Crippen molar-refractivity contribution in [3.8, 4) is 0 Å². The number of carboxylic acids is 2. The van der Waals surface area contributed by atoms with Gasteiger partial charge in [-0.1, -0.05) is 0 Å². The van der Waals surface area contributed by atoms with E-state index in [0.717, 1.165) is 45.7 Å². The summed E-state index contributed by atoms with van der Waals surface area (Å²) in [5.41, 5.74) is 1.41. The molecular weight excluding hydrogens is 548 g/mol. The maximum atomic E-state index is 10.6. The number of rotatable bonds is 7. The number of carboxylic acid groups (broad SMARTS) is 2. The molecule has 214 valence electrons. The number of fused-ring (bicyclic) bond motifs is 1. The van der Waals surface area contributed by atoms with Crippen LogP contribution in [0.25, 0.3) is 0 Å². The molecular formula is C22H27F6N3O6S. The minimum Gasteiger partial charge on any atom is -0.475 e. The molecule has 0 aromatic carbocycles. The number of aliphatic carboxylic acids is 2. The summed E-state index contributed by atoms with van der Waals surface area (Å²) < 4.78 is 77.7. The number of likely N-dealkylation sites (tertiary alicyclic amines) is 1. The number of hydrogen-bond donors (Lipinski definition) is 2. The number of carbonyl (C=O) groups is 2. The number of nitrogens with zero attached hydrogens (tertiary/aromatic N) is 3. The van der Waals surface area contributed by atoms with Crippen LogP contribution in [0.5, 0.6) is 0 Å². The van der Waals surface area contributed by atoms with Gasteiger partial charge in [0.2, 0.25) is 0 Å². The molecule has 2 aliphatic rings. The van der Waals surface area contributed by atoms with Crippen LogP contribution in [0.2, 0.25) is 0 Å². The van der Waals surface area contributed by atoms with Crippen LogP contribution in [0.15, 0.2) is 35.3 Å². The van der Waals surface area contributed by atoms with Crippen LogP contribution in [-0.2, 0) is 32.2 Å². The third kappa shape index (κ3) is 10.6. The Hall–Kier alpha value is -2.69. The van der Waals surface area contributed by atoms with Gasteiger partial charge >= 0.3 is 24.3 Å². The van der Waals surface area contributed by atoms with E-state index in [9.17, 15) is 26.3 Å². The molecule has 2 aromatic heterocycles. The Morgan fingerprint density at radius 1 is 1.16 bits per heavy atom. The smallest absolute Gasteiger partial charge is 0.475 e. The van der Waals surface area contributed by atoms with Crippen molar-refractivity contribution in [1.29, 1.82) is 0 Å². The van der Waals surface area contributed by atoms with Gasteiger partial charge in [0.1, 0.15) is 6.10 Å². The number of thiophene rings is 1. The SMILES string of the molecule is O=C(O)C(F)(F)F.O=C(O)C(F)(F)F.c1cnn(CCCO[C@@H]2CN(Cc3ccsc3)[C@@H]3CCCO[C@@H]32)c1. The van der Waals surface area contributed by atoms with Crippen LogP contribution in [0.1, 0.15) is 24.8 Å². The molecule has 2 aromatic rings. The van der Waals surface area contributed by atoms with Crippen molar-refractivity contribution in [2.24, 2.45) is 0 Å². The molecule has 4 heterocycles. The highest BCUT2D eigenvalue weighted by Gasteiger charge is 2.44. The van der Waals surface area contributed by atoms with Gasteiger partial charge in [-0.2, -0.15) is 42.8 Å². The van der Waals surface area contributed by atoms with Crippen molar-refractivity contribution in [3.05, 3.63) is 40.8 Å². The van der Waals surface area contributed by atoms with E-state index in [4.69, 9.17) is 29.3 Å². The monoisotopic (exact) mass is 575 g/mol. The Morgan fingerprint density at radius 2 is 1.82 bits per heavy atom. The first-order valence-corrected chi connectivity index (χ1v) is 12.3. The maximum Gasteiger partial charge on any atom is 0.490 e. The van der Waals surface area contributed by atoms with E-state index < -0.39 is 24.3 Å². The summed E-state index contributed by atoms with van der Waals surface area (Å²) >= 11 is 1.77. The molecule has 0 radical (unpaired) electrons. The number of hydrogen-bond acceptors (Lipinski definition) is 7. The van der Waals surface area contributed by atoms with Crippen molar-refractivity contribution in [2.75, 3.05) is 19.8 Å². The molecule has 0 amide bonds. The second kappa shape index (κ2) is 14.5. The standard InChI is InChI=1S/C18H25N3O2S.2C2HF3O2/c1-4-16-18(23-9-1)17(13-20(16)12-15-5-11-24-14-15)22-10-3-8-21-7-2-6-19-21;2*3-2(4,5)1(6)7/h2,5-7,11,14,16-18H,1,3-4,8-10,12-13H2;2*(H,6,7)/t16-,17-,18+;;/m1../s1. The largest absolute Gasteiger partial charge is 0.490 e. The Bertz CT molecular complexity index is 947. The van der Waals surface area contributed by atoms with Gasteiger partial charge in [-0.25, -0.2) is 9.59 Å².